The van der Waals surface area contributed by atoms with Gasteiger partial charge in [-0.2, -0.15) is 0 Å². The number of piperidine rings is 1. The summed E-state index contributed by atoms with van der Waals surface area (Å²) in [5, 5.41) is 0. The van der Waals surface area contributed by atoms with Gasteiger partial charge < -0.3 is 9.80 Å². The summed E-state index contributed by atoms with van der Waals surface area (Å²) in [4.78, 5) is 15.6. The highest BCUT2D eigenvalue weighted by atomic mass is 16.2. The Labute approximate surface area is 86.4 Å². The molecule has 1 fully saturated rings. The summed E-state index contributed by atoms with van der Waals surface area (Å²) < 4.78 is 0. The standard InChI is InChI=1S/C11H20N2O/c1-4-11(14)12(3)10-6-8-13(5-2)9-7-10/h4,10H,1,5-9H2,2-3H3. The highest BCUT2D eigenvalue weighted by molar-refractivity contribution is 5.87. The minimum Gasteiger partial charge on any atom is -0.339 e. The normalized spacial score (nSPS) is 19.3. The smallest absolute Gasteiger partial charge is 0.245 e. The molecule has 1 saturated heterocycles. The zero-order chi connectivity index (χ0) is 10.6. The largest absolute Gasteiger partial charge is 0.339 e. The predicted molar refractivity (Wildman–Crippen MR) is 58.1 cm³/mol. The van der Waals surface area contributed by atoms with Gasteiger partial charge in [0.2, 0.25) is 5.91 Å². The van der Waals surface area contributed by atoms with Crippen LogP contribution < -0.4 is 0 Å². The van der Waals surface area contributed by atoms with E-state index in [2.05, 4.69) is 18.4 Å². The number of likely N-dealkylation sites (N-methyl/N-ethyl adjacent to an activating group) is 1. The maximum absolute atomic E-state index is 11.4. The molecule has 0 bridgehead atoms. The number of nitrogens with zero attached hydrogens (tertiary/aromatic N) is 2. The lowest BCUT2D eigenvalue weighted by Crippen LogP contribution is -2.44. The molecule has 0 N–H and O–H groups in total. The second kappa shape index (κ2) is 5.15. The fraction of sp³-hybridized carbons (Fsp3) is 0.727. The first kappa shape index (κ1) is 11.2. The van der Waals surface area contributed by atoms with E-state index in [-0.39, 0.29) is 5.91 Å². The van der Waals surface area contributed by atoms with Crippen LogP contribution in [-0.4, -0.2) is 48.4 Å². The molecule has 0 radical (unpaired) electrons. The lowest BCUT2D eigenvalue weighted by atomic mass is 10.0. The SMILES string of the molecule is C=CC(=O)N(C)C1CCN(CC)CC1. The molecule has 0 unspecified atom stereocenters. The number of rotatable bonds is 3. The molecule has 0 saturated carbocycles. The molecule has 0 spiro atoms. The fourth-order valence-electron chi connectivity index (χ4n) is 1.95. The van der Waals surface area contributed by atoms with Gasteiger partial charge in [-0.05, 0) is 25.5 Å². The van der Waals surface area contributed by atoms with Gasteiger partial charge in [-0.25, -0.2) is 0 Å². The van der Waals surface area contributed by atoms with Gasteiger partial charge in [-0.3, -0.25) is 4.79 Å². The first-order valence-corrected chi connectivity index (χ1v) is 5.30. The van der Waals surface area contributed by atoms with Crippen molar-refractivity contribution >= 4 is 5.91 Å². The fourth-order valence-corrected chi connectivity index (χ4v) is 1.95. The predicted octanol–water partition coefficient (Wildman–Crippen LogP) is 1.12. The zero-order valence-electron chi connectivity index (χ0n) is 9.20. The third-order valence-corrected chi connectivity index (χ3v) is 3.07. The molecule has 1 amide bonds. The van der Waals surface area contributed by atoms with Crippen LogP contribution in [0.25, 0.3) is 0 Å². The average molecular weight is 196 g/mol. The maximum atomic E-state index is 11.4. The molecule has 1 heterocycles. The number of amides is 1. The molecule has 0 aromatic heterocycles. The Kier molecular flexibility index (Phi) is 4.14. The summed E-state index contributed by atoms with van der Waals surface area (Å²) >= 11 is 0. The van der Waals surface area contributed by atoms with E-state index in [4.69, 9.17) is 0 Å². The van der Waals surface area contributed by atoms with Crippen LogP contribution in [0.1, 0.15) is 19.8 Å². The Morgan fingerprint density at radius 3 is 2.57 bits per heavy atom. The second-order valence-corrected chi connectivity index (χ2v) is 3.82. The van der Waals surface area contributed by atoms with Gasteiger partial charge >= 0.3 is 0 Å². The number of hydrogen-bond acceptors (Lipinski definition) is 2. The van der Waals surface area contributed by atoms with Gasteiger partial charge in [0.05, 0.1) is 0 Å². The highest BCUT2D eigenvalue weighted by Crippen LogP contribution is 2.15. The van der Waals surface area contributed by atoms with E-state index in [9.17, 15) is 4.79 Å². The second-order valence-electron chi connectivity index (χ2n) is 3.82. The number of likely N-dealkylation sites (tertiary alicyclic amines) is 1. The van der Waals surface area contributed by atoms with Crippen LogP contribution in [0.2, 0.25) is 0 Å². The topological polar surface area (TPSA) is 23.6 Å². The van der Waals surface area contributed by atoms with Crippen molar-refractivity contribution in [3.8, 4) is 0 Å². The molecule has 0 aliphatic carbocycles. The van der Waals surface area contributed by atoms with Crippen molar-refractivity contribution in [2.45, 2.75) is 25.8 Å². The molecule has 0 atom stereocenters. The van der Waals surface area contributed by atoms with Gasteiger partial charge in [0.15, 0.2) is 0 Å². The van der Waals surface area contributed by atoms with Crippen LogP contribution in [0.3, 0.4) is 0 Å². The maximum Gasteiger partial charge on any atom is 0.245 e. The molecule has 3 nitrogen and oxygen atoms in total. The van der Waals surface area contributed by atoms with E-state index >= 15 is 0 Å². The Balaban J connectivity index is 2.41. The lowest BCUT2D eigenvalue weighted by Gasteiger charge is -2.35. The van der Waals surface area contributed by atoms with Crippen LogP contribution in [-0.2, 0) is 4.79 Å². The summed E-state index contributed by atoms with van der Waals surface area (Å²) in [6.45, 7) is 9.02. The van der Waals surface area contributed by atoms with E-state index in [0.29, 0.717) is 6.04 Å². The average Bonchev–Trinajstić information content (AvgIpc) is 2.27. The summed E-state index contributed by atoms with van der Waals surface area (Å²) in [5.41, 5.74) is 0. The molecular weight excluding hydrogens is 176 g/mol. The third kappa shape index (κ3) is 2.58. The van der Waals surface area contributed by atoms with Crippen LogP contribution >= 0.6 is 0 Å². The monoisotopic (exact) mass is 196 g/mol. The Morgan fingerprint density at radius 1 is 1.57 bits per heavy atom. The van der Waals surface area contributed by atoms with E-state index < -0.39 is 0 Å². The number of carbonyl (C=O) groups is 1. The van der Waals surface area contributed by atoms with Gasteiger partial charge in [-0.15, -0.1) is 0 Å². The molecule has 1 rings (SSSR count). The molecule has 1 aliphatic heterocycles. The van der Waals surface area contributed by atoms with Crippen molar-refractivity contribution in [2.24, 2.45) is 0 Å². The molecular formula is C11H20N2O. The van der Waals surface area contributed by atoms with Crippen molar-refractivity contribution < 1.29 is 4.79 Å². The first-order chi connectivity index (χ1) is 6.69. The number of carbonyl (C=O) groups excluding carboxylic acids is 1. The molecule has 3 heteroatoms. The third-order valence-electron chi connectivity index (χ3n) is 3.07. The molecule has 80 valence electrons. The Morgan fingerprint density at radius 2 is 2.14 bits per heavy atom. The summed E-state index contributed by atoms with van der Waals surface area (Å²) in [5.74, 6) is 0.0416. The van der Waals surface area contributed by atoms with Crippen LogP contribution in [0.15, 0.2) is 12.7 Å². The van der Waals surface area contributed by atoms with Gasteiger partial charge in [0.1, 0.15) is 0 Å². The molecule has 0 aromatic rings. The van der Waals surface area contributed by atoms with Crippen molar-refractivity contribution in [2.75, 3.05) is 26.7 Å². The van der Waals surface area contributed by atoms with E-state index in [0.717, 1.165) is 32.5 Å². The van der Waals surface area contributed by atoms with Gasteiger partial charge in [-0.1, -0.05) is 13.5 Å². The lowest BCUT2D eigenvalue weighted by molar-refractivity contribution is -0.127. The highest BCUT2D eigenvalue weighted by Gasteiger charge is 2.23. The van der Waals surface area contributed by atoms with Crippen LogP contribution in [0, 0.1) is 0 Å². The molecule has 1 aliphatic rings. The zero-order valence-corrected chi connectivity index (χ0v) is 9.20. The van der Waals surface area contributed by atoms with E-state index in [1.807, 2.05) is 11.9 Å². The van der Waals surface area contributed by atoms with Crippen molar-refractivity contribution in [1.29, 1.82) is 0 Å². The van der Waals surface area contributed by atoms with E-state index in [1.54, 1.807) is 0 Å². The van der Waals surface area contributed by atoms with Gasteiger partial charge in [0.25, 0.3) is 0 Å². The Bertz CT molecular complexity index is 207. The van der Waals surface area contributed by atoms with Crippen LogP contribution in [0.4, 0.5) is 0 Å². The van der Waals surface area contributed by atoms with E-state index in [1.165, 1.54) is 6.08 Å². The van der Waals surface area contributed by atoms with Crippen LogP contribution in [0.5, 0.6) is 0 Å². The number of hydrogen-bond donors (Lipinski definition) is 0. The van der Waals surface area contributed by atoms with Crippen molar-refractivity contribution in [3.63, 3.8) is 0 Å². The Hall–Kier alpha value is -0.830. The summed E-state index contributed by atoms with van der Waals surface area (Å²) in [7, 11) is 1.87. The van der Waals surface area contributed by atoms with Crippen molar-refractivity contribution in [3.05, 3.63) is 12.7 Å². The van der Waals surface area contributed by atoms with Gasteiger partial charge in [0, 0.05) is 26.2 Å². The molecule has 0 aromatic carbocycles. The summed E-state index contributed by atoms with van der Waals surface area (Å²) in [6.07, 6.45) is 3.57. The molecule has 14 heavy (non-hydrogen) atoms. The summed E-state index contributed by atoms with van der Waals surface area (Å²) in [6, 6.07) is 0.406. The first-order valence-electron chi connectivity index (χ1n) is 5.30. The van der Waals surface area contributed by atoms with Crippen molar-refractivity contribution in [1.82, 2.24) is 9.80 Å². The quantitative estimate of drug-likeness (QED) is 0.631. The minimum atomic E-state index is 0.0416. The minimum absolute atomic E-state index is 0.0416.